The summed E-state index contributed by atoms with van der Waals surface area (Å²) in [7, 11) is 0. The van der Waals surface area contributed by atoms with Gasteiger partial charge in [0.2, 0.25) is 11.8 Å². The summed E-state index contributed by atoms with van der Waals surface area (Å²) < 4.78 is 47.4. The number of rotatable bonds is 7. The van der Waals surface area contributed by atoms with Crippen LogP contribution in [0.25, 0.3) is 11.5 Å². The van der Waals surface area contributed by atoms with E-state index in [1.807, 2.05) is 0 Å². The van der Waals surface area contributed by atoms with Crippen molar-refractivity contribution in [3.05, 3.63) is 54.3 Å². The van der Waals surface area contributed by atoms with Gasteiger partial charge in [-0.3, -0.25) is 4.79 Å². The molecule has 1 heterocycles. The van der Waals surface area contributed by atoms with Gasteiger partial charge in [-0.2, -0.15) is 8.78 Å². The van der Waals surface area contributed by atoms with E-state index in [9.17, 15) is 18.0 Å². The quantitative estimate of drug-likeness (QED) is 0.604. The fourth-order valence-corrected chi connectivity index (χ4v) is 2.60. The highest BCUT2D eigenvalue weighted by Gasteiger charge is 2.13. The van der Waals surface area contributed by atoms with Crippen LogP contribution in [0.3, 0.4) is 0 Å². The molecular formula is C17H12F3N3O3S. The Kier molecular flexibility index (Phi) is 5.97. The number of nitrogens with zero attached hydrogens (tertiary/aromatic N) is 2. The van der Waals surface area contributed by atoms with Gasteiger partial charge in [-0.15, -0.1) is 10.2 Å². The molecule has 0 atom stereocenters. The number of carbonyl (C=O) groups is 1. The molecule has 1 N–H and O–H groups in total. The second-order valence-corrected chi connectivity index (χ2v) is 6.02. The first kappa shape index (κ1) is 18.8. The Morgan fingerprint density at radius 3 is 2.59 bits per heavy atom. The molecule has 10 heteroatoms. The van der Waals surface area contributed by atoms with Crippen molar-refractivity contribution in [3.63, 3.8) is 0 Å². The highest BCUT2D eigenvalue weighted by atomic mass is 32.2. The third-order valence-electron chi connectivity index (χ3n) is 3.21. The van der Waals surface area contributed by atoms with Gasteiger partial charge in [0.25, 0.3) is 5.22 Å². The Hall–Kier alpha value is -3.01. The Labute approximate surface area is 155 Å². The summed E-state index contributed by atoms with van der Waals surface area (Å²) in [6.45, 7) is -2.90. The molecule has 140 valence electrons. The predicted molar refractivity (Wildman–Crippen MR) is 92.1 cm³/mol. The summed E-state index contributed by atoms with van der Waals surface area (Å²) in [5.74, 6) is -0.853. The molecule has 6 nitrogen and oxygen atoms in total. The number of hydrogen-bond acceptors (Lipinski definition) is 6. The second kappa shape index (κ2) is 8.58. The molecule has 0 aliphatic rings. The lowest BCUT2D eigenvalue weighted by Crippen LogP contribution is -2.14. The van der Waals surface area contributed by atoms with Gasteiger partial charge in [0.1, 0.15) is 11.6 Å². The zero-order valence-corrected chi connectivity index (χ0v) is 14.4. The summed E-state index contributed by atoms with van der Waals surface area (Å²) in [6, 6.07) is 11.5. The molecule has 3 aromatic rings. The number of anilines is 1. The molecular weight excluding hydrogens is 383 g/mol. The molecule has 27 heavy (non-hydrogen) atoms. The van der Waals surface area contributed by atoms with Gasteiger partial charge >= 0.3 is 6.61 Å². The van der Waals surface area contributed by atoms with E-state index in [2.05, 4.69) is 20.3 Å². The van der Waals surface area contributed by atoms with Crippen molar-refractivity contribution in [2.24, 2.45) is 0 Å². The maximum Gasteiger partial charge on any atom is 0.387 e. The van der Waals surface area contributed by atoms with Crippen molar-refractivity contribution < 1.29 is 27.1 Å². The molecule has 1 aromatic heterocycles. The number of thioether (sulfide) groups is 1. The van der Waals surface area contributed by atoms with Gasteiger partial charge in [0.15, 0.2) is 0 Å². The number of hydrogen-bond donors (Lipinski definition) is 1. The van der Waals surface area contributed by atoms with Crippen molar-refractivity contribution >= 4 is 23.4 Å². The SMILES string of the molecule is O=C(CSc1nnc(-c2ccc(OC(F)F)cc2)o1)Nc1ccccc1F. The monoisotopic (exact) mass is 395 g/mol. The van der Waals surface area contributed by atoms with Gasteiger partial charge < -0.3 is 14.5 Å². The minimum Gasteiger partial charge on any atom is -0.435 e. The maximum atomic E-state index is 13.5. The largest absolute Gasteiger partial charge is 0.435 e. The van der Waals surface area contributed by atoms with E-state index >= 15 is 0 Å². The van der Waals surface area contributed by atoms with Gasteiger partial charge in [0.05, 0.1) is 11.4 Å². The van der Waals surface area contributed by atoms with Crippen LogP contribution in [0.2, 0.25) is 0 Å². The Morgan fingerprint density at radius 1 is 1.15 bits per heavy atom. The Bertz CT molecular complexity index is 919. The smallest absolute Gasteiger partial charge is 0.387 e. The Balaban J connectivity index is 1.56. The summed E-state index contributed by atoms with van der Waals surface area (Å²) in [4.78, 5) is 11.9. The average molecular weight is 395 g/mol. The second-order valence-electron chi connectivity index (χ2n) is 5.09. The summed E-state index contributed by atoms with van der Waals surface area (Å²) in [6.07, 6.45) is 0. The number of aromatic nitrogens is 2. The van der Waals surface area contributed by atoms with Crippen LogP contribution < -0.4 is 10.1 Å². The molecule has 2 aromatic carbocycles. The zero-order valence-electron chi connectivity index (χ0n) is 13.6. The molecule has 0 fully saturated rings. The van der Waals surface area contributed by atoms with E-state index in [4.69, 9.17) is 4.42 Å². The molecule has 1 amide bonds. The van der Waals surface area contributed by atoms with Crippen molar-refractivity contribution in [1.82, 2.24) is 10.2 Å². The average Bonchev–Trinajstić information content (AvgIpc) is 3.11. The van der Waals surface area contributed by atoms with E-state index in [1.165, 1.54) is 42.5 Å². The molecule has 0 bridgehead atoms. The molecule has 0 unspecified atom stereocenters. The van der Waals surface area contributed by atoms with Gasteiger partial charge in [-0.05, 0) is 36.4 Å². The van der Waals surface area contributed by atoms with Crippen LogP contribution in [-0.2, 0) is 4.79 Å². The van der Waals surface area contributed by atoms with Crippen LogP contribution in [0.5, 0.6) is 5.75 Å². The minimum atomic E-state index is -2.90. The van der Waals surface area contributed by atoms with Crippen molar-refractivity contribution in [2.45, 2.75) is 11.8 Å². The molecule has 0 saturated carbocycles. The van der Waals surface area contributed by atoms with Crippen LogP contribution in [0.1, 0.15) is 0 Å². The third kappa shape index (κ3) is 5.23. The number of halogens is 3. The lowest BCUT2D eigenvalue weighted by Gasteiger charge is -2.04. The van der Waals surface area contributed by atoms with E-state index in [0.29, 0.717) is 5.56 Å². The molecule has 0 spiro atoms. The van der Waals surface area contributed by atoms with Crippen LogP contribution in [0, 0.1) is 5.82 Å². The maximum absolute atomic E-state index is 13.5. The summed E-state index contributed by atoms with van der Waals surface area (Å²) in [5.41, 5.74) is 0.590. The van der Waals surface area contributed by atoms with Gasteiger partial charge in [0, 0.05) is 5.56 Å². The summed E-state index contributed by atoms with van der Waals surface area (Å²) >= 11 is 0.982. The minimum absolute atomic E-state index is 0.00711. The van der Waals surface area contributed by atoms with Crippen LogP contribution in [0.15, 0.2) is 58.2 Å². The van der Waals surface area contributed by atoms with Crippen LogP contribution in [0.4, 0.5) is 18.9 Å². The fraction of sp³-hybridized carbons (Fsp3) is 0.118. The predicted octanol–water partition coefficient (Wildman–Crippen LogP) is 4.21. The molecule has 3 rings (SSSR count). The first-order valence-electron chi connectivity index (χ1n) is 7.57. The number of para-hydroxylation sites is 1. The van der Waals surface area contributed by atoms with Crippen molar-refractivity contribution in [2.75, 3.05) is 11.1 Å². The zero-order chi connectivity index (χ0) is 19.2. The van der Waals surface area contributed by atoms with E-state index in [1.54, 1.807) is 6.07 Å². The van der Waals surface area contributed by atoms with Crippen molar-refractivity contribution in [1.29, 1.82) is 0 Å². The summed E-state index contributed by atoms with van der Waals surface area (Å²) in [5, 5.41) is 10.2. The number of ether oxygens (including phenoxy) is 1. The topological polar surface area (TPSA) is 77.2 Å². The highest BCUT2D eigenvalue weighted by molar-refractivity contribution is 7.99. The van der Waals surface area contributed by atoms with Gasteiger partial charge in [-0.1, -0.05) is 23.9 Å². The lowest BCUT2D eigenvalue weighted by atomic mass is 10.2. The third-order valence-corrected chi connectivity index (χ3v) is 4.03. The standard InChI is InChI=1S/C17H12F3N3O3S/c18-12-3-1-2-4-13(12)21-14(24)9-27-17-23-22-15(26-17)10-5-7-11(8-6-10)25-16(19)20/h1-8,16H,9H2,(H,21,24). The first-order valence-corrected chi connectivity index (χ1v) is 8.56. The first-order chi connectivity index (χ1) is 13.0. The molecule has 0 radical (unpaired) electrons. The fourth-order valence-electron chi connectivity index (χ4n) is 2.04. The van der Waals surface area contributed by atoms with Crippen molar-refractivity contribution in [3.8, 4) is 17.2 Å². The van der Waals surface area contributed by atoms with E-state index in [-0.39, 0.29) is 28.3 Å². The molecule has 0 aliphatic carbocycles. The number of nitrogens with one attached hydrogen (secondary N) is 1. The normalized spacial score (nSPS) is 10.8. The number of carbonyl (C=O) groups excluding carboxylic acids is 1. The molecule has 0 saturated heterocycles. The van der Waals surface area contributed by atoms with Crippen LogP contribution >= 0.6 is 11.8 Å². The van der Waals surface area contributed by atoms with E-state index < -0.39 is 18.3 Å². The highest BCUT2D eigenvalue weighted by Crippen LogP contribution is 2.25. The van der Waals surface area contributed by atoms with E-state index in [0.717, 1.165) is 11.8 Å². The molecule has 0 aliphatic heterocycles. The number of alkyl halides is 2. The Morgan fingerprint density at radius 2 is 1.89 bits per heavy atom. The lowest BCUT2D eigenvalue weighted by molar-refractivity contribution is -0.113. The number of amides is 1. The number of benzene rings is 2. The van der Waals surface area contributed by atoms with Crippen LogP contribution in [-0.4, -0.2) is 28.5 Å². The van der Waals surface area contributed by atoms with Gasteiger partial charge in [-0.25, -0.2) is 4.39 Å².